The van der Waals surface area contributed by atoms with Gasteiger partial charge in [-0.1, -0.05) is 19.9 Å². The molecular weight excluding hydrogens is 198 g/mol. The smallest absolute Gasteiger partial charge is 0.122 e. The minimum absolute atomic E-state index is 0.504. The lowest BCUT2D eigenvalue weighted by Crippen LogP contribution is -2.11. The predicted molar refractivity (Wildman–Crippen MR) is 69.5 cm³/mol. The summed E-state index contributed by atoms with van der Waals surface area (Å²) in [5.74, 6) is 1.52. The topological polar surface area (TPSA) is 21.3 Å². The third-order valence-corrected chi connectivity index (χ3v) is 2.95. The number of benzene rings is 1. The van der Waals surface area contributed by atoms with Gasteiger partial charge in [0.05, 0.1) is 7.11 Å². The highest BCUT2D eigenvalue weighted by Crippen LogP contribution is 2.29. The number of nitrogens with one attached hydrogen (secondary N) is 1. The van der Waals surface area contributed by atoms with Crippen LogP contribution in [0.2, 0.25) is 0 Å². The van der Waals surface area contributed by atoms with Crippen molar-refractivity contribution in [1.29, 1.82) is 0 Å². The van der Waals surface area contributed by atoms with E-state index in [1.807, 2.05) is 7.05 Å². The number of ether oxygens (including phenoxy) is 1. The fraction of sp³-hybridized carbons (Fsp3) is 0.571. The lowest BCUT2D eigenvalue weighted by Gasteiger charge is -2.16. The first-order valence-electron chi connectivity index (χ1n) is 5.92. The van der Waals surface area contributed by atoms with Gasteiger partial charge in [0.2, 0.25) is 0 Å². The lowest BCUT2D eigenvalue weighted by molar-refractivity contribution is 0.407. The van der Waals surface area contributed by atoms with Crippen LogP contribution in [0.5, 0.6) is 5.75 Å². The molecule has 2 nitrogen and oxygen atoms in total. The first-order valence-corrected chi connectivity index (χ1v) is 5.92. The minimum atomic E-state index is 0.504. The van der Waals surface area contributed by atoms with Crippen LogP contribution in [0.4, 0.5) is 0 Å². The Bertz CT molecular complexity index is 345. The van der Waals surface area contributed by atoms with Crippen molar-refractivity contribution < 1.29 is 4.74 Å². The van der Waals surface area contributed by atoms with Crippen LogP contribution in [0.3, 0.4) is 0 Å². The minimum Gasteiger partial charge on any atom is -0.496 e. The number of methoxy groups -OCH3 is 1. The van der Waals surface area contributed by atoms with Gasteiger partial charge in [0.1, 0.15) is 5.75 Å². The molecule has 1 N–H and O–H groups in total. The van der Waals surface area contributed by atoms with E-state index in [0.717, 1.165) is 18.7 Å². The van der Waals surface area contributed by atoms with E-state index in [-0.39, 0.29) is 0 Å². The molecular formula is C14H23NO. The van der Waals surface area contributed by atoms with Crippen molar-refractivity contribution >= 4 is 0 Å². The fourth-order valence-electron chi connectivity index (χ4n) is 1.90. The summed E-state index contributed by atoms with van der Waals surface area (Å²) in [4.78, 5) is 0. The molecule has 0 fully saturated rings. The fourth-order valence-corrected chi connectivity index (χ4v) is 1.90. The lowest BCUT2D eigenvalue weighted by atomic mass is 9.95. The Labute approximate surface area is 99.0 Å². The maximum atomic E-state index is 5.43. The second-order valence-corrected chi connectivity index (χ2v) is 4.53. The monoisotopic (exact) mass is 221 g/mol. The van der Waals surface area contributed by atoms with Gasteiger partial charge in [-0.15, -0.1) is 0 Å². The molecule has 0 spiro atoms. The summed E-state index contributed by atoms with van der Waals surface area (Å²) in [6, 6.07) is 4.44. The summed E-state index contributed by atoms with van der Waals surface area (Å²) in [5.41, 5.74) is 4.04. The summed E-state index contributed by atoms with van der Waals surface area (Å²) < 4.78 is 5.43. The summed E-state index contributed by atoms with van der Waals surface area (Å²) in [5, 5.41) is 3.19. The number of likely N-dealkylation sites (N-methyl/N-ethyl adjacent to an activating group) is 1. The second kappa shape index (κ2) is 5.90. The maximum absolute atomic E-state index is 5.43. The molecule has 0 aromatic heterocycles. The van der Waals surface area contributed by atoms with E-state index in [1.165, 1.54) is 16.7 Å². The van der Waals surface area contributed by atoms with Crippen molar-refractivity contribution in [2.24, 2.45) is 0 Å². The Morgan fingerprint density at radius 2 is 2.00 bits per heavy atom. The largest absolute Gasteiger partial charge is 0.496 e. The highest BCUT2D eigenvalue weighted by atomic mass is 16.5. The Kier molecular flexibility index (Phi) is 4.81. The molecule has 1 rings (SSSR count). The van der Waals surface area contributed by atoms with E-state index in [9.17, 15) is 0 Å². The number of rotatable bonds is 5. The van der Waals surface area contributed by atoms with Crippen molar-refractivity contribution in [3.8, 4) is 5.75 Å². The normalized spacial score (nSPS) is 10.9. The molecule has 2 heteroatoms. The highest BCUT2D eigenvalue weighted by Gasteiger charge is 2.10. The summed E-state index contributed by atoms with van der Waals surface area (Å²) in [6.07, 6.45) is 1.08. The zero-order chi connectivity index (χ0) is 12.1. The quantitative estimate of drug-likeness (QED) is 0.825. The van der Waals surface area contributed by atoms with E-state index in [0.29, 0.717) is 5.92 Å². The van der Waals surface area contributed by atoms with E-state index in [2.05, 4.69) is 38.2 Å². The molecule has 90 valence electrons. The summed E-state index contributed by atoms with van der Waals surface area (Å²) in [7, 11) is 3.73. The highest BCUT2D eigenvalue weighted by molar-refractivity contribution is 5.44. The van der Waals surface area contributed by atoms with E-state index in [1.54, 1.807) is 7.11 Å². The van der Waals surface area contributed by atoms with Crippen molar-refractivity contribution in [3.05, 3.63) is 28.8 Å². The third-order valence-electron chi connectivity index (χ3n) is 2.95. The average molecular weight is 221 g/mol. The van der Waals surface area contributed by atoms with E-state index >= 15 is 0 Å². The van der Waals surface area contributed by atoms with Gasteiger partial charge in [-0.2, -0.15) is 0 Å². The van der Waals surface area contributed by atoms with Crippen molar-refractivity contribution in [2.75, 3.05) is 20.7 Å². The van der Waals surface area contributed by atoms with Crippen molar-refractivity contribution in [3.63, 3.8) is 0 Å². The summed E-state index contributed by atoms with van der Waals surface area (Å²) >= 11 is 0. The molecule has 0 atom stereocenters. The number of hydrogen-bond donors (Lipinski definition) is 1. The van der Waals surface area contributed by atoms with Crippen LogP contribution < -0.4 is 10.1 Å². The van der Waals surface area contributed by atoms with Crippen LogP contribution >= 0.6 is 0 Å². The molecule has 0 radical (unpaired) electrons. The van der Waals surface area contributed by atoms with Crippen molar-refractivity contribution in [2.45, 2.75) is 33.1 Å². The predicted octanol–water partition coefficient (Wildman–Crippen LogP) is 2.89. The molecule has 16 heavy (non-hydrogen) atoms. The molecule has 0 saturated carbocycles. The average Bonchev–Trinajstić information content (AvgIpc) is 2.26. The van der Waals surface area contributed by atoms with Crippen LogP contribution in [-0.2, 0) is 6.42 Å². The van der Waals surface area contributed by atoms with Gasteiger partial charge in [-0.05, 0) is 55.6 Å². The Morgan fingerprint density at radius 3 is 2.50 bits per heavy atom. The molecule has 0 bridgehead atoms. The van der Waals surface area contributed by atoms with Crippen LogP contribution in [0.15, 0.2) is 12.1 Å². The Morgan fingerprint density at radius 1 is 1.31 bits per heavy atom. The second-order valence-electron chi connectivity index (χ2n) is 4.53. The maximum Gasteiger partial charge on any atom is 0.122 e. The molecule has 0 aliphatic rings. The molecule has 0 aliphatic carbocycles. The molecule has 0 unspecified atom stereocenters. The molecule has 0 aliphatic heterocycles. The van der Waals surface area contributed by atoms with Crippen molar-refractivity contribution in [1.82, 2.24) is 5.32 Å². The van der Waals surface area contributed by atoms with Gasteiger partial charge in [0, 0.05) is 0 Å². The third kappa shape index (κ3) is 2.99. The van der Waals surface area contributed by atoms with Gasteiger partial charge >= 0.3 is 0 Å². The zero-order valence-electron chi connectivity index (χ0n) is 11.1. The van der Waals surface area contributed by atoms with E-state index < -0.39 is 0 Å². The van der Waals surface area contributed by atoms with Crippen LogP contribution in [-0.4, -0.2) is 20.7 Å². The van der Waals surface area contributed by atoms with Gasteiger partial charge in [0.25, 0.3) is 0 Å². The zero-order valence-corrected chi connectivity index (χ0v) is 11.1. The van der Waals surface area contributed by atoms with Gasteiger partial charge < -0.3 is 10.1 Å². The SMILES string of the molecule is CNCCc1cc(C(C)C)c(OC)cc1C. The number of aryl methyl sites for hydroxylation is 1. The molecule has 0 heterocycles. The van der Waals surface area contributed by atoms with Crippen LogP contribution in [0.25, 0.3) is 0 Å². The molecule has 1 aromatic carbocycles. The first-order chi connectivity index (χ1) is 7.60. The Hall–Kier alpha value is -1.02. The van der Waals surface area contributed by atoms with Crippen LogP contribution in [0, 0.1) is 6.92 Å². The molecule has 1 aromatic rings. The molecule has 0 amide bonds. The van der Waals surface area contributed by atoms with Crippen LogP contribution in [0.1, 0.15) is 36.5 Å². The van der Waals surface area contributed by atoms with Gasteiger partial charge in [0.15, 0.2) is 0 Å². The van der Waals surface area contributed by atoms with Gasteiger partial charge in [-0.25, -0.2) is 0 Å². The first kappa shape index (κ1) is 13.0. The number of hydrogen-bond acceptors (Lipinski definition) is 2. The standard InChI is InChI=1S/C14H23NO/c1-10(2)13-9-12(6-7-15-4)11(3)8-14(13)16-5/h8-10,15H,6-7H2,1-5H3. The summed E-state index contributed by atoms with van der Waals surface area (Å²) in [6.45, 7) is 7.58. The molecule has 0 saturated heterocycles. The van der Waals surface area contributed by atoms with E-state index in [4.69, 9.17) is 4.74 Å². The Balaban J connectivity index is 3.06. The van der Waals surface area contributed by atoms with Gasteiger partial charge in [-0.3, -0.25) is 0 Å².